The van der Waals surface area contributed by atoms with Crippen molar-refractivity contribution in [1.82, 2.24) is 15.0 Å². The number of nitrogens with two attached hydrogens (primary N) is 1. The fraction of sp³-hybridized carbons (Fsp3) is 0.435. The predicted molar refractivity (Wildman–Crippen MR) is 125 cm³/mol. The largest absolute Gasteiger partial charge is 0.484 e. The van der Waals surface area contributed by atoms with Crippen LogP contribution in [0.4, 0.5) is 10.2 Å². The number of aliphatic hydroxyl groups excluding tert-OH is 1. The van der Waals surface area contributed by atoms with Gasteiger partial charge in [-0.2, -0.15) is 4.98 Å². The van der Waals surface area contributed by atoms with Crippen molar-refractivity contribution in [2.75, 3.05) is 25.1 Å². The average molecular weight is 520 g/mol. The van der Waals surface area contributed by atoms with Gasteiger partial charge in [-0.1, -0.05) is 11.6 Å². The monoisotopic (exact) mass is 519 g/mol. The number of hydrogen-bond acceptors (Lipinski definition) is 9. The number of amides is 1. The van der Waals surface area contributed by atoms with Crippen molar-refractivity contribution in [3.8, 4) is 11.8 Å². The molecule has 0 bridgehead atoms. The number of halogens is 2. The molecule has 11 nitrogen and oxygen atoms in total. The van der Waals surface area contributed by atoms with E-state index in [0.717, 1.165) is 5.56 Å². The zero-order chi connectivity index (χ0) is 25.0. The third kappa shape index (κ3) is 4.19. The first-order valence-electron chi connectivity index (χ1n) is 11.5. The number of benzene rings is 1. The number of nitrogens with one attached hydrogen (secondary N) is 2. The van der Waals surface area contributed by atoms with Crippen LogP contribution in [0, 0.1) is 5.82 Å². The second kappa shape index (κ2) is 9.04. The number of H-pyrrole nitrogens is 1. The molecule has 5 N–H and O–H groups in total. The van der Waals surface area contributed by atoms with Gasteiger partial charge in [-0.15, -0.1) is 0 Å². The van der Waals surface area contributed by atoms with Gasteiger partial charge in [-0.25, -0.2) is 9.37 Å². The minimum atomic E-state index is -0.673. The van der Waals surface area contributed by atoms with Crippen molar-refractivity contribution >= 4 is 34.5 Å². The highest BCUT2D eigenvalue weighted by atomic mass is 35.5. The second-order valence-electron chi connectivity index (χ2n) is 9.02. The summed E-state index contributed by atoms with van der Waals surface area (Å²) in [6.07, 6.45) is -0.652. The number of rotatable bonds is 7. The van der Waals surface area contributed by atoms with Gasteiger partial charge in [0.1, 0.15) is 35.7 Å². The molecule has 5 atom stereocenters. The summed E-state index contributed by atoms with van der Waals surface area (Å²) in [5.41, 5.74) is 7.31. The van der Waals surface area contributed by atoms with Crippen LogP contribution in [0.1, 0.15) is 23.6 Å². The number of hydrogen-bond donors (Lipinski definition) is 4. The molecule has 2 aromatic heterocycles. The molecular formula is C23H23ClFN5O6. The lowest BCUT2D eigenvalue weighted by Gasteiger charge is -2.17. The van der Waals surface area contributed by atoms with Crippen LogP contribution in [0.3, 0.4) is 0 Å². The third-order valence-corrected chi connectivity index (χ3v) is 6.87. The number of pyridine rings is 1. The molecule has 2 fully saturated rings. The molecular weight excluding hydrogens is 497 g/mol. The van der Waals surface area contributed by atoms with Crippen LogP contribution in [0.25, 0.3) is 11.2 Å². The number of aromatic nitrogens is 3. The van der Waals surface area contributed by atoms with Crippen LogP contribution in [-0.2, 0) is 20.7 Å². The van der Waals surface area contributed by atoms with Crippen LogP contribution in [-0.4, -0.2) is 70.2 Å². The molecule has 190 valence electrons. The smallest absolute Gasteiger partial charge is 0.296 e. The van der Waals surface area contributed by atoms with E-state index >= 15 is 0 Å². The van der Waals surface area contributed by atoms with Crippen LogP contribution in [0.5, 0.6) is 11.8 Å². The maximum absolute atomic E-state index is 14.9. The molecule has 13 heteroatoms. The number of aliphatic hydroxyl groups is 1. The molecule has 36 heavy (non-hydrogen) atoms. The number of carbonyl (C=O) groups excluding carboxylic acids is 1. The van der Waals surface area contributed by atoms with E-state index in [1.807, 2.05) is 0 Å². The van der Waals surface area contributed by atoms with E-state index in [1.165, 1.54) is 6.07 Å². The SMILES string of the molecule is NC(=O)COc1cc(F)c2c(c1)CCC2Nc1nc2nc(O[C@@H]3COC4[C@H](O)CO[C@@H]43)[nH]c2cc1Cl. The van der Waals surface area contributed by atoms with Gasteiger partial charge < -0.3 is 40.1 Å². The summed E-state index contributed by atoms with van der Waals surface area (Å²) in [5, 5.41) is 13.5. The molecule has 1 aromatic carbocycles. The van der Waals surface area contributed by atoms with Crippen molar-refractivity contribution in [3.63, 3.8) is 0 Å². The second-order valence-corrected chi connectivity index (χ2v) is 9.43. The fourth-order valence-electron chi connectivity index (χ4n) is 4.98. The van der Waals surface area contributed by atoms with Crippen LogP contribution in [0.15, 0.2) is 18.2 Å². The van der Waals surface area contributed by atoms with E-state index in [-0.39, 0.29) is 43.7 Å². The molecule has 1 amide bonds. The zero-order valence-electron chi connectivity index (χ0n) is 18.9. The van der Waals surface area contributed by atoms with E-state index in [1.54, 1.807) is 12.1 Å². The highest BCUT2D eigenvalue weighted by molar-refractivity contribution is 6.33. The lowest BCUT2D eigenvalue weighted by Crippen LogP contribution is -2.34. The van der Waals surface area contributed by atoms with E-state index in [4.69, 9.17) is 36.3 Å². The lowest BCUT2D eigenvalue weighted by atomic mass is 10.1. The van der Waals surface area contributed by atoms with Gasteiger partial charge in [-0.3, -0.25) is 4.79 Å². The van der Waals surface area contributed by atoms with E-state index in [2.05, 4.69) is 20.3 Å². The summed E-state index contributed by atoms with van der Waals surface area (Å²) < 4.78 is 37.3. The molecule has 0 spiro atoms. The number of fused-ring (bicyclic) bond motifs is 3. The Morgan fingerprint density at radius 2 is 2.11 bits per heavy atom. The average Bonchev–Trinajstić information content (AvgIpc) is 3.59. The number of aromatic amines is 1. The molecule has 0 radical (unpaired) electrons. The number of imidazole rings is 1. The van der Waals surface area contributed by atoms with E-state index in [0.29, 0.717) is 40.4 Å². The molecule has 1 aliphatic carbocycles. The zero-order valence-corrected chi connectivity index (χ0v) is 19.6. The van der Waals surface area contributed by atoms with E-state index < -0.39 is 30.0 Å². The third-order valence-electron chi connectivity index (χ3n) is 6.58. The Kier molecular flexibility index (Phi) is 5.83. The van der Waals surface area contributed by atoms with Crippen molar-refractivity contribution in [1.29, 1.82) is 0 Å². The van der Waals surface area contributed by atoms with Gasteiger partial charge in [-0.05, 0) is 30.5 Å². The molecule has 4 heterocycles. The molecule has 0 saturated carbocycles. The van der Waals surface area contributed by atoms with Crippen LogP contribution in [0.2, 0.25) is 5.02 Å². The van der Waals surface area contributed by atoms with Gasteiger partial charge in [0.25, 0.3) is 11.9 Å². The number of anilines is 1. The van der Waals surface area contributed by atoms with Gasteiger partial charge in [0.2, 0.25) is 0 Å². The summed E-state index contributed by atoms with van der Waals surface area (Å²) in [6, 6.07) is 4.49. The Morgan fingerprint density at radius 3 is 2.94 bits per heavy atom. The van der Waals surface area contributed by atoms with Gasteiger partial charge in [0, 0.05) is 11.6 Å². The summed E-state index contributed by atoms with van der Waals surface area (Å²) in [6.45, 7) is 0.152. The van der Waals surface area contributed by atoms with Crippen molar-refractivity contribution in [2.24, 2.45) is 5.73 Å². The van der Waals surface area contributed by atoms with Crippen molar-refractivity contribution in [2.45, 2.75) is 43.3 Å². The van der Waals surface area contributed by atoms with Gasteiger partial charge >= 0.3 is 0 Å². The highest BCUT2D eigenvalue weighted by Gasteiger charge is 2.48. The summed E-state index contributed by atoms with van der Waals surface area (Å²) >= 11 is 6.47. The fourth-order valence-corrected chi connectivity index (χ4v) is 5.18. The van der Waals surface area contributed by atoms with Crippen LogP contribution >= 0.6 is 11.6 Å². The maximum atomic E-state index is 14.9. The van der Waals surface area contributed by atoms with Crippen molar-refractivity contribution in [3.05, 3.63) is 40.2 Å². The number of nitrogens with zero attached hydrogens (tertiary/aromatic N) is 2. The van der Waals surface area contributed by atoms with E-state index in [9.17, 15) is 14.3 Å². The maximum Gasteiger partial charge on any atom is 0.296 e. The normalized spacial score (nSPS) is 26.7. The first kappa shape index (κ1) is 23.2. The number of ether oxygens (including phenoxy) is 4. The molecule has 3 aliphatic rings. The summed E-state index contributed by atoms with van der Waals surface area (Å²) in [5.74, 6) is -0.472. The highest BCUT2D eigenvalue weighted by Crippen LogP contribution is 2.39. The Balaban J connectivity index is 1.19. The lowest BCUT2D eigenvalue weighted by molar-refractivity contribution is -0.119. The Morgan fingerprint density at radius 1 is 1.28 bits per heavy atom. The number of aryl methyl sites for hydroxylation is 1. The number of carbonyl (C=O) groups is 1. The predicted octanol–water partition coefficient (Wildman–Crippen LogP) is 1.62. The molecule has 3 aromatic rings. The molecule has 6 rings (SSSR count). The Bertz CT molecular complexity index is 1340. The quantitative estimate of drug-likeness (QED) is 0.364. The van der Waals surface area contributed by atoms with Gasteiger partial charge in [0.15, 0.2) is 18.4 Å². The Hall–Kier alpha value is -3.19. The number of primary amides is 1. The molecule has 2 aliphatic heterocycles. The topological polar surface area (TPSA) is 154 Å². The first-order chi connectivity index (χ1) is 17.4. The van der Waals surface area contributed by atoms with Crippen molar-refractivity contribution < 1.29 is 33.2 Å². The Labute approximate surface area is 209 Å². The standard InChI is InChI=1S/C23H23ClFN5O6/c24-11-5-14-22(30-23(28-14)36-16-7-35-19-15(31)6-34-20(16)19)29-21(11)27-13-2-1-9-3-10(33-8-17(26)32)4-12(25)18(9)13/h3-5,13,15-16,19-20,31H,1-2,6-8H2,(H2,26,32)(H2,27,28,29,30)/t13?,15-,16-,19?,20-/m1/s1. The van der Waals surface area contributed by atoms with Crippen LogP contribution < -0.4 is 20.5 Å². The van der Waals surface area contributed by atoms with Gasteiger partial charge in [0.05, 0.1) is 29.8 Å². The summed E-state index contributed by atoms with van der Waals surface area (Å²) in [4.78, 5) is 22.9. The minimum absolute atomic E-state index is 0.202. The molecule has 2 saturated heterocycles. The summed E-state index contributed by atoms with van der Waals surface area (Å²) in [7, 11) is 0. The first-order valence-corrected chi connectivity index (χ1v) is 11.9. The molecule has 2 unspecified atom stereocenters. The minimum Gasteiger partial charge on any atom is -0.484 e.